The lowest BCUT2D eigenvalue weighted by Gasteiger charge is -2.13. The van der Waals surface area contributed by atoms with Gasteiger partial charge in [0.15, 0.2) is 10.6 Å². The Morgan fingerprint density at radius 3 is 2.87 bits per heavy atom. The van der Waals surface area contributed by atoms with Crippen LogP contribution in [0.3, 0.4) is 0 Å². The van der Waals surface area contributed by atoms with Crippen molar-refractivity contribution in [2.24, 2.45) is 4.99 Å². The van der Waals surface area contributed by atoms with Crippen LogP contribution in [0.2, 0.25) is 0 Å². The van der Waals surface area contributed by atoms with E-state index in [4.69, 9.17) is 18.9 Å². The predicted octanol–water partition coefficient (Wildman–Crippen LogP) is 5.77. The van der Waals surface area contributed by atoms with Crippen LogP contribution in [0.5, 0.6) is 5.75 Å². The SMILES string of the molecule is CCOc1ccccc1N=c1scc(-c2cc3ccccc3o2)n1CC1CCCO1. The molecule has 0 saturated carbocycles. The molecule has 1 saturated heterocycles. The average molecular weight is 421 g/mol. The Balaban J connectivity index is 1.62. The van der Waals surface area contributed by atoms with Gasteiger partial charge in [0.25, 0.3) is 0 Å². The lowest BCUT2D eigenvalue weighted by atomic mass is 10.2. The van der Waals surface area contributed by atoms with Crippen LogP contribution in [-0.2, 0) is 11.3 Å². The van der Waals surface area contributed by atoms with E-state index in [9.17, 15) is 0 Å². The summed E-state index contributed by atoms with van der Waals surface area (Å²) in [6.07, 6.45) is 2.37. The van der Waals surface area contributed by atoms with Crippen LogP contribution in [-0.4, -0.2) is 23.9 Å². The number of para-hydroxylation sites is 3. The fourth-order valence-corrected chi connectivity index (χ4v) is 4.73. The molecule has 1 unspecified atom stereocenters. The predicted molar refractivity (Wildman–Crippen MR) is 119 cm³/mol. The van der Waals surface area contributed by atoms with Crippen molar-refractivity contribution in [1.29, 1.82) is 0 Å². The van der Waals surface area contributed by atoms with E-state index in [0.717, 1.165) is 64.7 Å². The van der Waals surface area contributed by atoms with Crippen molar-refractivity contribution in [2.75, 3.05) is 13.2 Å². The van der Waals surface area contributed by atoms with Crippen LogP contribution in [0.1, 0.15) is 19.8 Å². The molecule has 30 heavy (non-hydrogen) atoms. The summed E-state index contributed by atoms with van der Waals surface area (Å²) in [5.74, 6) is 1.65. The van der Waals surface area contributed by atoms with E-state index in [1.807, 2.05) is 49.4 Å². The Hall–Kier alpha value is -2.83. The molecule has 0 aliphatic carbocycles. The van der Waals surface area contributed by atoms with Crippen LogP contribution >= 0.6 is 11.3 Å². The van der Waals surface area contributed by atoms with Gasteiger partial charge < -0.3 is 18.5 Å². The Kier molecular flexibility index (Phi) is 5.43. The fraction of sp³-hybridized carbons (Fsp3) is 0.292. The standard InChI is InChI=1S/C24H24N2O3S/c1-2-27-22-12-6-4-10-19(22)25-24-26(15-18-9-7-13-28-18)20(16-30-24)23-14-17-8-3-5-11-21(17)29-23/h3-6,8,10-12,14,16,18H,2,7,9,13,15H2,1H3. The molecule has 1 fully saturated rings. The minimum Gasteiger partial charge on any atom is -0.492 e. The highest BCUT2D eigenvalue weighted by atomic mass is 32.1. The van der Waals surface area contributed by atoms with E-state index >= 15 is 0 Å². The number of nitrogens with zero attached hydrogens (tertiary/aromatic N) is 2. The molecule has 1 atom stereocenters. The second-order valence-electron chi connectivity index (χ2n) is 7.31. The molecule has 0 radical (unpaired) electrons. The third kappa shape index (κ3) is 3.80. The summed E-state index contributed by atoms with van der Waals surface area (Å²) in [5.41, 5.74) is 2.75. The zero-order valence-corrected chi connectivity index (χ0v) is 17.7. The van der Waals surface area contributed by atoms with E-state index in [1.54, 1.807) is 11.3 Å². The third-order valence-electron chi connectivity index (χ3n) is 5.27. The van der Waals surface area contributed by atoms with Crippen molar-refractivity contribution < 1.29 is 13.9 Å². The molecule has 0 bridgehead atoms. The van der Waals surface area contributed by atoms with E-state index < -0.39 is 0 Å². The summed E-state index contributed by atoms with van der Waals surface area (Å²) in [6, 6.07) is 18.1. The maximum Gasteiger partial charge on any atom is 0.190 e. The van der Waals surface area contributed by atoms with Crippen LogP contribution < -0.4 is 9.54 Å². The highest BCUT2D eigenvalue weighted by Gasteiger charge is 2.20. The summed E-state index contributed by atoms with van der Waals surface area (Å²) < 4.78 is 20.1. The van der Waals surface area contributed by atoms with Gasteiger partial charge in [0.05, 0.1) is 24.9 Å². The molecule has 4 aromatic rings. The van der Waals surface area contributed by atoms with Crippen molar-refractivity contribution in [3.8, 4) is 17.2 Å². The minimum atomic E-state index is 0.198. The second kappa shape index (κ2) is 8.50. The molecule has 5 rings (SSSR count). The first-order valence-corrected chi connectivity index (χ1v) is 11.2. The normalized spacial score (nSPS) is 17.1. The average Bonchev–Trinajstić information content (AvgIpc) is 3.50. The molecule has 1 aliphatic rings. The maximum atomic E-state index is 6.16. The molecule has 3 heterocycles. The van der Waals surface area contributed by atoms with Gasteiger partial charge in [0, 0.05) is 17.4 Å². The van der Waals surface area contributed by atoms with Gasteiger partial charge in [-0.2, -0.15) is 0 Å². The molecular formula is C24H24N2O3S. The van der Waals surface area contributed by atoms with Crippen molar-refractivity contribution in [3.63, 3.8) is 0 Å². The first-order valence-electron chi connectivity index (χ1n) is 10.4. The summed E-state index contributed by atoms with van der Waals surface area (Å²) in [7, 11) is 0. The van der Waals surface area contributed by atoms with Crippen LogP contribution in [0.15, 0.2) is 69.4 Å². The largest absolute Gasteiger partial charge is 0.492 e. The Labute approximate surface area is 179 Å². The zero-order chi connectivity index (χ0) is 20.3. The van der Waals surface area contributed by atoms with Gasteiger partial charge in [-0.15, -0.1) is 11.3 Å². The number of fused-ring (bicyclic) bond motifs is 1. The number of ether oxygens (including phenoxy) is 2. The molecular weight excluding hydrogens is 396 g/mol. The van der Waals surface area contributed by atoms with Gasteiger partial charge in [0.2, 0.25) is 0 Å². The fourth-order valence-electron chi connectivity index (χ4n) is 3.82. The number of rotatable bonds is 6. The topological polar surface area (TPSA) is 48.9 Å². The minimum absolute atomic E-state index is 0.198. The molecule has 1 aliphatic heterocycles. The van der Waals surface area contributed by atoms with Crippen LogP contribution in [0, 0.1) is 0 Å². The smallest absolute Gasteiger partial charge is 0.190 e. The first-order chi connectivity index (χ1) is 14.8. The number of hydrogen-bond donors (Lipinski definition) is 0. The van der Waals surface area contributed by atoms with E-state index in [2.05, 4.69) is 22.1 Å². The maximum absolute atomic E-state index is 6.16. The third-order valence-corrected chi connectivity index (χ3v) is 6.13. The summed E-state index contributed by atoms with van der Waals surface area (Å²) >= 11 is 1.61. The molecule has 6 heteroatoms. The van der Waals surface area contributed by atoms with Gasteiger partial charge in [-0.25, -0.2) is 4.99 Å². The number of aromatic nitrogens is 1. The molecule has 2 aromatic carbocycles. The van der Waals surface area contributed by atoms with Crippen molar-refractivity contribution in [1.82, 2.24) is 4.57 Å². The highest BCUT2D eigenvalue weighted by molar-refractivity contribution is 7.07. The Morgan fingerprint density at radius 2 is 2.03 bits per heavy atom. The highest BCUT2D eigenvalue weighted by Crippen LogP contribution is 2.30. The van der Waals surface area contributed by atoms with Crippen LogP contribution in [0.4, 0.5) is 5.69 Å². The zero-order valence-electron chi connectivity index (χ0n) is 16.9. The van der Waals surface area contributed by atoms with Gasteiger partial charge in [-0.05, 0) is 44.0 Å². The lowest BCUT2D eigenvalue weighted by molar-refractivity contribution is 0.0967. The quantitative estimate of drug-likeness (QED) is 0.398. The number of thiazole rings is 1. The van der Waals surface area contributed by atoms with E-state index in [1.165, 1.54) is 0 Å². The monoisotopic (exact) mass is 420 g/mol. The number of benzene rings is 2. The van der Waals surface area contributed by atoms with Gasteiger partial charge in [-0.3, -0.25) is 0 Å². The van der Waals surface area contributed by atoms with Crippen molar-refractivity contribution >= 4 is 28.0 Å². The van der Waals surface area contributed by atoms with Crippen molar-refractivity contribution in [3.05, 3.63) is 64.8 Å². The van der Waals surface area contributed by atoms with Crippen molar-refractivity contribution in [2.45, 2.75) is 32.4 Å². The number of hydrogen-bond acceptors (Lipinski definition) is 5. The Morgan fingerprint density at radius 1 is 1.17 bits per heavy atom. The van der Waals surface area contributed by atoms with E-state index in [0.29, 0.717) is 6.61 Å². The first kappa shape index (κ1) is 19.2. The van der Waals surface area contributed by atoms with Gasteiger partial charge >= 0.3 is 0 Å². The molecule has 5 nitrogen and oxygen atoms in total. The molecule has 0 N–H and O–H groups in total. The molecule has 154 valence electrons. The van der Waals surface area contributed by atoms with E-state index in [-0.39, 0.29) is 6.10 Å². The molecule has 0 amide bonds. The van der Waals surface area contributed by atoms with Gasteiger partial charge in [0.1, 0.15) is 17.0 Å². The second-order valence-corrected chi connectivity index (χ2v) is 8.15. The Bertz CT molecular complexity index is 1180. The summed E-state index contributed by atoms with van der Waals surface area (Å²) in [5, 5.41) is 3.22. The lowest BCUT2D eigenvalue weighted by Crippen LogP contribution is -2.23. The molecule has 2 aromatic heterocycles. The van der Waals surface area contributed by atoms with Crippen LogP contribution in [0.25, 0.3) is 22.4 Å². The number of furan rings is 1. The molecule has 0 spiro atoms. The summed E-state index contributed by atoms with van der Waals surface area (Å²) in [6.45, 7) is 4.18. The summed E-state index contributed by atoms with van der Waals surface area (Å²) in [4.78, 5) is 5.87. The van der Waals surface area contributed by atoms with Gasteiger partial charge in [-0.1, -0.05) is 30.3 Å².